The van der Waals surface area contributed by atoms with E-state index < -0.39 is 0 Å². The van der Waals surface area contributed by atoms with Crippen LogP contribution in [0.25, 0.3) is 0 Å². The Morgan fingerprint density at radius 3 is 3.00 bits per heavy atom. The molecule has 0 radical (unpaired) electrons. The number of aliphatic hydroxyl groups excluding tert-OH is 1. The van der Waals surface area contributed by atoms with E-state index >= 15 is 0 Å². The van der Waals surface area contributed by atoms with Crippen LogP contribution in [0.5, 0.6) is 0 Å². The summed E-state index contributed by atoms with van der Waals surface area (Å²) in [4.78, 5) is 7.77. The number of thiazole rings is 1. The molecule has 1 aliphatic rings. The lowest BCUT2D eigenvalue weighted by Crippen LogP contribution is -2.29. The molecule has 1 fully saturated rings. The Morgan fingerprint density at radius 2 is 2.40 bits per heavy atom. The van der Waals surface area contributed by atoms with Crippen LogP contribution in [-0.2, 0) is 0 Å². The van der Waals surface area contributed by atoms with Crippen molar-refractivity contribution in [3.8, 4) is 0 Å². The van der Waals surface area contributed by atoms with Gasteiger partial charge in [-0.15, -0.1) is 11.3 Å². The Bertz CT molecular complexity index is 324. The molecule has 84 valence electrons. The first-order chi connectivity index (χ1) is 7.18. The molecule has 3 nitrogen and oxygen atoms in total. The van der Waals surface area contributed by atoms with Crippen LogP contribution in [0.4, 0.5) is 0 Å². The second-order valence-electron chi connectivity index (χ2n) is 4.27. The van der Waals surface area contributed by atoms with Crippen molar-refractivity contribution in [2.75, 3.05) is 13.6 Å². The lowest BCUT2D eigenvalue weighted by Gasteiger charge is -2.30. The van der Waals surface area contributed by atoms with E-state index in [9.17, 15) is 5.11 Å². The third-order valence-corrected chi connectivity index (χ3v) is 4.28. The summed E-state index contributed by atoms with van der Waals surface area (Å²) in [6, 6.07) is 0.469. The Balaban J connectivity index is 2.13. The predicted octanol–water partition coefficient (Wildman–Crippen LogP) is 2.35. The van der Waals surface area contributed by atoms with Crippen LogP contribution in [0.15, 0.2) is 6.20 Å². The second kappa shape index (κ2) is 4.60. The van der Waals surface area contributed by atoms with E-state index in [1.54, 1.807) is 18.3 Å². The number of aromatic nitrogens is 1. The fourth-order valence-electron chi connectivity index (χ4n) is 2.04. The highest BCUT2D eigenvalue weighted by molar-refractivity contribution is 7.11. The monoisotopic (exact) mass is 226 g/mol. The van der Waals surface area contributed by atoms with Gasteiger partial charge in [0.15, 0.2) is 0 Å². The van der Waals surface area contributed by atoms with Crippen LogP contribution in [0.3, 0.4) is 0 Å². The number of rotatable bonds is 2. The van der Waals surface area contributed by atoms with E-state index in [1.807, 2.05) is 6.20 Å². The predicted molar refractivity (Wildman–Crippen MR) is 62.0 cm³/mol. The van der Waals surface area contributed by atoms with Gasteiger partial charge < -0.3 is 5.11 Å². The maximum absolute atomic E-state index is 9.46. The van der Waals surface area contributed by atoms with E-state index in [-0.39, 0.29) is 6.10 Å². The van der Waals surface area contributed by atoms with Gasteiger partial charge in [-0.05, 0) is 33.4 Å². The summed E-state index contributed by atoms with van der Waals surface area (Å²) in [5, 5.41) is 10.6. The Kier molecular flexibility index (Phi) is 3.38. The van der Waals surface area contributed by atoms with Gasteiger partial charge in [-0.1, -0.05) is 6.42 Å². The largest absolute Gasteiger partial charge is 0.388 e. The first-order valence-corrected chi connectivity index (χ1v) is 6.34. The summed E-state index contributed by atoms with van der Waals surface area (Å²) < 4.78 is 0. The molecule has 1 aromatic rings. The van der Waals surface area contributed by atoms with Crippen molar-refractivity contribution < 1.29 is 5.11 Å². The molecule has 0 bridgehead atoms. The molecule has 2 unspecified atom stereocenters. The van der Waals surface area contributed by atoms with Crippen LogP contribution in [0.2, 0.25) is 0 Å². The topological polar surface area (TPSA) is 36.4 Å². The molecule has 1 N–H and O–H groups in total. The molecular weight excluding hydrogens is 208 g/mol. The summed E-state index contributed by atoms with van der Waals surface area (Å²) in [6.07, 6.45) is 5.21. The van der Waals surface area contributed by atoms with Crippen molar-refractivity contribution in [1.82, 2.24) is 9.88 Å². The second-order valence-corrected chi connectivity index (χ2v) is 5.36. The molecule has 1 aromatic heterocycles. The van der Waals surface area contributed by atoms with Crippen molar-refractivity contribution in [2.45, 2.75) is 38.3 Å². The van der Waals surface area contributed by atoms with E-state index in [4.69, 9.17) is 0 Å². The number of nitrogens with zero attached hydrogens (tertiary/aromatic N) is 2. The molecule has 0 saturated carbocycles. The van der Waals surface area contributed by atoms with E-state index in [0.29, 0.717) is 6.04 Å². The van der Waals surface area contributed by atoms with Gasteiger partial charge in [-0.2, -0.15) is 0 Å². The number of piperidine rings is 1. The van der Waals surface area contributed by atoms with Crippen molar-refractivity contribution in [3.05, 3.63) is 16.1 Å². The van der Waals surface area contributed by atoms with Gasteiger partial charge in [-0.25, -0.2) is 4.98 Å². The fraction of sp³-hybridized carbons (Fsp3) is 0.727. The highest BCUT2D eigenvalue weighted by Crippen LogP contribution is 2.33. The molecule has 2 rings (SSSR count). The minimum Gasteiger partial charge on any atom is -0.388 e. The summed E-state index contributed by atoms with van der Waals surface area (Å²) in [5.74, 6) is 0. The van der Waals surface area contributed by atoms with Gasteiger partial charge in [0.1, 0.15) is 5.01 Å². The minimum atomic E-state index is -0.384. The molecule has 2 heterocycles. The zero-order chi connectivity index (χ0) is 10.8. The lowest BCUT2D eigenvalue weighted by atomic mass is 10.0. The summed E-state index contributed by atoms with van der Waals surface area (Å²) in [7, 11) is 2.16. The van der Waals surface area contributed by atoms with E-state index in [2.05, 4.69) is 16.9 Å². The Hall–Kier alpha value is -0.450. The summed E-state index contributed by atoms with van der Waals surface area (Å²) in [5.41, 5.74) is 0. The summed E-state index contributed by atoms with van der Waals surface area (Å²) in [6.45, 7) is 2.95. The Morgan fingerprint density at radius 1 is 1.60 bits per heavy atom. The van der Waals surface area contributed by atoms with Crippen LogP contribution in [0.1, 0.15) is 48.2 Å². The quantitative estimate of drug-likeness (QED) is 0.841. The number of likely N-dealkylation sites (tertiary alicyclic amines) is 1. The molecule has 0 aromatic carbocycles. The summed E-state index contributed by atoms with van der Waals surface area (Å²) >= 11 is 1.65. The molecule has 0 amide bonds. The van der Waals surface area contributed by atoms with Gasteiger partial charge in [0, 0.05) is 6.20 Å². The molecule has 1 aliphatic heterocycles. The van der Waals surface area contributed by atoms with Crippen molar-refractivity contribution in [2.24, 2.45) is 0 Å². The van der Waals surface area contributed by atoms with Crippen LogP contribution < -0.4 is 0 Å². The van der Waals surface area contributed by atoms with E-state index in [0.717, 1.165) is 16.4 Å². The molecule has 4 heteroatoms. The fourth-order valence-corrected chi connectivity index (χ4v) is 3.09. The maximum Gasteiger partial charge on any atom is 0.110 e. The SMILES string of the molecule is CC(O)c1cnc(C2CCCCN2C)s1. The zero-order valence-electron chi connectivity index (χ0n) is 9.31. The van der Waals surface area contributed by atoms with Crippen LogP contribution >= 0.6 is 11.3 Å². The molecule has 1 saturated heterocycles. The highest BCUT2D eigenvalue weighted by atomic mass is 32.1. The van der Waals surface area contributed by atoms with Crippen LogP contribution in [0, 0.1) is 0 Å². The normalized spacial score (nSPS) is 25.4. The Labute approximate surface area is 94.8 Å². The van der Waals surface area contributed by atoms with Gasteiger partial charge in [0.2, 0.25) is 0 Å². The molecular formula is C11H18N2OS. The number of hydrogen-bond donors (Lipinski definition) is 1. The average Bonchev–Trinajstić information content (AvgIpc) is 2.67. The molecule has 15 heavy (non-hydrogen) atoms. The third kappa shape index (κ3) is 2.38. The first-order valence-electron chi connectivity index (χ1n) is 5.52. The lowest BCUT2D eigenvalue weighted by molar-refractivity contribution is 0.187. The van der Waals surface area contributed by atoms with Gasteiger partial charge >= 0.3 is 0 Å². The minimum absolute atomic E-state index is 0.384. The van der Waals surface area contributed by atoms with Gasteiger partial charge in [0.05, 0.1) is 17.0 Å². The standard InChI is InChI=1S/C11H18N2OS/c1-8(14)10-7-12-11(15-10)9-5-3-4-6-13(9)2/h7-9,14H,3-6H2,1-2H3. The first kappa shape index (κ1) is 11.0. The maximum atomic E-state index is 9.46. The average molecular weight is 226 g/mol. The van der Waals surface area contributed by atoms with Crippen molar-refractivity contribution >= 4 is 11.3 Å². The smallest absolute Gasteiger partial charge is 0.110 e. The van der Waals surface area contributed by atoms with Gasteiger partial charge in [0.25, 0.3) is 0 Å². The molecule has 0 spiro atoms. The zero-order valence-corrected chi connectivity index (χ0v) is 10.1. The number of hydrogen-bond acceptors (Lipinski definition) is 4. The highest BCUT2D eigenvalue weighted by Gasteiger charge is 2.23. The van der Waals surface area contributed by atoms with Crippen LogP contribution in [-0.4, -0.2) is 28.6 Å². The van der Waals surface area contributed by atoms with Crippen molar-refractivity contribution in [1.29, 1.82) is 0 Å². The number of aliphatic hydroxyl groups is 1. The molecule has 0 aliphatic carbocycles. The van der Waals surface area contributed by atoms with Gasteiger partial charge in [-0.3, -0.25) is 4.90 Å². The van der Waals surface area contributed by atoms with Crippen molar-refractivity contribution in [3.63, 3.8) is 0 Å². The van der Waals surface area contributed by atoms with E-state index in [1.165, 1.54) is 19.3 Å². The third-order valence-electron chi connectivity index (χ3n) is 3.01. The molecule has 2 atom stereocenters.